The van der Waals surface area contributed by atoms with E-state index in [1.807, 2.05) is 48.5 Å². The molecule has 1 fully saturated rings. The van der Waals surface area contributed by atoms with Crippen molar-refractivity contribution in [2.75, 3.05) is 13.2 Å². The summed E-state index contributed by atoms with van der Waals surface area (Å²) in [5.41, 5.74) is 3.72. The molecule has 3 nitrogen and oxygen atoms in total. The summed E-state index contributed by atoms with van der Waals surface area (Å²) in [6.45, 7) is 1.84. The third-order valence-electron chi connectivity index (χ3n) is 5.94. The largest absolute Gasteiger partial charge is 0.488 e. The van der Waals surface area contributed by atoms with Crippen molar-refractivity contribution in [2.24, 2.45) is 0 Å². The van der Waals surface area contributed by atoms with E-state index in [1.54, 1.807) is 6.07 Å². The SMILES string of the molecule is Fc1ccc(-n2c(C3CCOCC3)c(I)c3c(OCc4ccccc4)cccc32)cc1F. The molecule has 0 unspecified atom stereocenters. The molecule has 32 heavy (non-hydrogen) atoms. The van der Waals surface area contributed by atoms with Gasteiger partial charge in [-0.2, -0.15) is 0 Å². The molecule has 0 spiro atoms. The molecule has 3 aromatic carbocycles. The second-order valence-electron chi connectivity index (χ2n) is 7.94. The van der Waals surface area contributed by atoms with E-state index in [2.05, 4.69) is 27.2 Å². The highest BCUT2D eigenvalue weighted by molar-refractivity contribution is 14.1. The molecule has 1 aromatic heterocycles. The Morgan fingerprint density at radius 2 is 1.72 bits per heavy atom. The highest BCUT2D eigenvalue weighted by Gasteiger charge is 2.27. The third kappa shape index (κ3) is 4.01. The molecule has 4 aromatic rings. The van der Waals surface area contributed by atoms with Crippen molar-refractivity contribution in [3.05, 3.63) is 93.2 Å². The van der Waals surface area contributed by atoms with E-state index in [-0.39, 0.29) is 5.92 Å². The van der Waals surface area contributed by atoms with E-state index in [1.165, 1.54) is 12.1 Å². The molecule has 0 saturated carbocycles. The van der Waals surface area contributed by atoms with E-state index in [9.17, 15) is 8.78 Å². The first-order valence-corrected chi connectivity index (χ1v) is 11.7. The molecule has 0 bridgehead atoms. The van der Waals surface area contributed by atoms with Crippen molar-refractivity contribution in [3.8, 4) is 11.4 Å². The second-order valence-corrected chi connectivity index (χ2v) is 9.02. The quantitative estimate of drug-likeness (QED) is 0.253. The minimum atomic E-state index is -0.853. The summed E-state index contributed by atoms with van der Waals surface area (Å²) >= 11 is 2.37. The Morgan fingerprint density at radius 1 is 0.938 bits per heavy atom. The number of rotatable bonds is 5. The number of aromatic nitrogens is 1. The van der Waals surface area contributed by atoms with Crippen LogP contribution in [0.1, 0.15) is 30.0 Å². The standard InChI is InChI=1S/C26H22F2INO2/c27-20-10-9-19(15-21(20)28)30-22-7-4-8-23(32-16-17-5-2-1-3-6-17)24(22)25(29)26(30)18-11-13-31-14-12-18/h1-10,15,18H,11-14,16H2. The van der Waals surface area contributed by atoms with Gasteiger partial charge in [-0.15, -0.1) is 0 Å². The van der Waals surface area contributed by atoms with Crippen molar-refractivity contribution < 1.29 is 18.3 Å². The van der Waals surface area contributed by atoms with Gasteiger partial charge in [0.25, 0.3) is 0 Å². The van der Waals surface area contributed by atoms with Crippen LogP contribution >= 0.6 is 22.6 Å². The molecule has 2 heterocycles. The number of hydrogen-bond acceptors (Lipinski definition) is 2. The van der Waals surface area contributed by atoms with Crippen molar-refractivity contribution in [1.29, 1.82) is 0 Å². The first-order valence-electron chi connectivity index (χ1n) is 10.7. The van der Waals surface area contributed by atoms with Gasteiger partial charge in [-0.1, -0.05) is 36.4 Å². The molecule has 5 rings (SSSR count). The zero-order valence-electron chi connectivity index (χ0n) is 17.4. The lowest BCUT2D eigenvalue weighted by molar-refractivity contribution is 0.0841. The fraction of sp³-hybridized carbons (Fsp3) is 0.231. The van der Waals surface area contributed by atoms with Crippen molar-refractivity contribution in [3.63, 3.8) is 0 Å². The van der Waals surface area contributed by atoms with Gasteiger partial charge >= 0.3 is 0 Å². The minimum Gasteiger partial charge on any atom is -0.488 e. The molecule has 0 atom stereocenters. The predicted octanol–water partition coefficient (Wildman–Crippen LogP) is 6.99. The number of ether oxygens (including phenoxy) is 2. The van der Waals surface area contributed by atoms with Gasteiger partial charge in [0.15, 0.2) is 11.6 Å². The molecule has 0 N–H and O–H groups in total. The summed E-state index contributed by atoms with van der Waals surface area (Å²) in [6, 6.07) is 20.0. The number of hydrogen-bond donors (Lipinski definition) is 0. The van der Waals surface area contributed by atoms with Gasteiger partial charge in [0.05, 0.1) is 10.9 Å². The fourth-order valence-electron chi connectivity index (χ4n) is 4.37. The summed E-state index contributed by atoms with van der Waals surface area (Å²) in [7, 11) is 0. The van der Waals surface area contributed by atoms with Crippen LogP contribution in [0.2, 0.25) is 0 Å². The lowest BCUT2D eigenvalue weighted by atomic mass is 9.96. The average molecular weight is 545 g/mol. The number of fused-ring (bicyclic) bond motifs is 1. The first-order chi connectivity index (χ1) is 15.6. The van der Waals surface area contributed by atoms with E-state index in [0.717, 1.165) is 44.3 Å². The highest BCUT2D eigenvalue weighted by atomic mass is 127. The van der Waals surface area contributed by atoms with Crippen molar-refractivity contribution in [1.82, 2.24) is 4.57 Å². The van der Waals surface area contributed by atoms with Crippen LogP contribution in [0, 0.1) is 15.2 Å². The maximum Gasteiger partial charge on any atom is 0.160 e. The minimum absolute atomic E-state index is 0.262. The Hall–Kier alpha value is -2.45. The van der Waals surface area contributed by atoms with Crippen LogP contribution in [0.25, 0.3) is 16.6 Å². The van der Waals surface area contributed by atoms with Crippen LogP contribution in [0.4, 0.5) is 8.78 Å². The van der Waals surface area contributed by atoms with Crippen molar-refractivity contribution in [2.45, 2.75) is 25.4 Å². The topological polar surface area (TPSA) is 23.4 Å². The average Bonchev–Trinajstić information content (AvgIpc) is 3.13. The summed E-state index contributed by atoms with van der Waals surface area (Å²) in [5.74, 6) is -0.656. The molecular weight excluding hydrogens is 523 g/mol. The lowest BCUT2D eigenvalue weighted by Crippen LogP contribution is -2.17. The van der Waals surface area contributed by atoms with Crippen LogP contribution in [0.5, 0.6) is 5.75 Å². The van der Waals surface area contributed by atoms with Gasteiger partial charge in [-0.3, -0.25) is 0 Å². The monoisotopic (exact) mass is 545 g/mol. The molecule has 164 valence electrons. The van der Waals surface area contributed by atoms with Crippen molar-refractivity contribution >= 4 is 33.5 Å². The Kier molecular flexibility index (Phi) is 6.15. The molecule has 1 aliphatic heterocycles. The first kappa shape index (κ1) is 21.4. The summed E-state index contributed by atoms with van der Waals surface area (Å²) < 4.78 is 42.9. The Morgan fingerprint density at radius 3 is 2.47 bits per heavy atom. The second kappa shape index (κ2) is 9.19. The smallest absolute Gasteiger partial charge is 0.160 e. The van der Waals surface area contributed by atoms with Gasteiger partial charge in [-0.25, -0.2) is 8.78 Å². The molecule has 0 amide bonds. The van der Waals surface area contributed by atoms with Crippen LogP contribution in [0.3, 0.4) is 0 Å². The molecule has 1 aliphatic rings. The number of benzene rings is 3. The van der Waals surface area contributed by atoms with E-state index >= 15 is 0 Å². The molecule has 0 aliphatic carbocycles. The summed E-state index contributed by atoms with van der Waals surface area (Å²) in [6.07, 6.45) is 1.77. The fourth-order valence-corrected chi connectivity index (χ4v) is 5.60. The lowest BCUT2D eigenvalue weighted by Gasteiger charge is -2.24. The molecule has 6 heteroatoms. The highest BCUT2D eigenvalue weighted by Crippen LogP contribution is 2.42. The van der Waals surface area contributed by atoms with Gasteiger partial charge in [0.1, 0.15) is 12.4 Å². The van der Waals surface area contributed by atoms with E-state index < -0.39 is 11.6 Å². The molecule has 1 saturated heterocycles. The van der Waals surface area contributed by atoms with Gasteiger partial charge in [0, 0.05) is 40.1 Å². The Balaban J connectivity index is 1.67. The van der Waals surface area contributed by atoms with Gasteiger partial charge in [0.2, 0.25) is 0 Å². The third-order valence-corrected chi connectivity index (χ3v) is 7.03. The molecule has 0 radical (unpaired) electrons. The number of nitrogens with zero attached hydrogens (tertiary/aromatic N) is 1. The normalized spacial score (nSPS) is 14.7. The Labute approximate surface area is 199 Å². The summed E-state index contributed by atoms with van der Waals surface area (Å²) in [5, 5.41) is 0.996. The van der Waals surface area contributed by atoms with Gasteiger partial charge < -0.3 is 14.0 Å². The predicted molar refractivity (Wildman–Crippen MR) is 129 cm³/mol. The maximum atomic E-state index is 14.2. The van der Waals surface area contributed by atoms with E-state index in [4.69, 9.17) is 9.47 Å². The van der Waals surface area contributed by atoms with Crippen LogP contribution in [-0.4, -0.2) is 17.8 Å². The molecular formula is C26H22F2INO2. The van der Waals surface area contributed by atoms with Gasteiger partial charge in [-0.05, 0) is 65.3 Å². The van der Waals surface area contributed by atoms with Crippen LogP contribution in [-0.2, 0) is 11.3 Å². The number of halogens is 3. The zero-order valence-corrected chi connectivity index (χ0v) is 19.5. The van der Waals surface area contributed by atoms with Crippen LogP contribution in [0.15, 0.2) is 66.7 Å². The summed E-state index contributed by atoms with van der Waals surface area (Å²) in [4.78, 5) is 0. The van der Waals surface area contributed by atoms with Crippen LogP contribution < -0.4 is 4.74 Å². The maximum absolute atomic E-state index is 14.2. The Bertz CT molecular complexity index is 1250. The van der Waals surface area contributed by atoms with E-state index in [0.29, 0.717) is 25.5 Å². The zero-order chi connectivity index (χ0) is 22.1.